The minimum atomic E-state index is -0.00825. The maximum Gasteiger partial charge on any atom is 0.264 e. The zero-order chi connectivity index (χ0) is 21.1. The van der Waals surface area contributed by atoms with Crippen molar-refractivity contribution in [3.8, 4) is 16.9 Å². The molecule has 0 saturated heterocycles. The van der Waals surface area contributed by atoms with Crippen LogP contribution in [0.2, 0.25) is 0 Å². The Bertz CT molecular complexity index is 1060. The Morgan fingerprint density at radius 2 is 1.76 bits per heavy atom. The Labute approximate surface area is 172 Å². The van der Waals surface area contributed by atoms with E-state index in [-0.39, 0.29) is 5.56 Å². The number of rotatable bonds is 8. The summed E-state index contributed by atoms with van der Waals surface area (Å²) in [5.41, 5.74) is 3.74. The number of nitrogens with zero attached hydrogens (tertiary/aromatic N) is 4. The molecule has 0 atom stereocenters. The first-order valence-electron chi connectivity index (χ1n) is 10.5. The number of aryl methyl sites for hydroxylation is 2. The van der Waals surface area contributed by atoms with Crippen LogP contribution < -0.4 is 15.2 Å². The molecule has 0 fully saturated rings. The molecule has 0 radical (unpaired) electrons. The maximum atomic E-state index is 13.4. The largest absolute Gasteiger partial charge is 0.494 e. The first kappa shape index (κ1) is 21.0. The van der Waals surface area contributed by atoms with E-state index in [9.17, 15) is 4.79 Å². The van der Waals surface area contributed by atoms with Gasteiger partial charge in [0.05, 0.1) is 12.0 Å². The van der Waals surface area contributed by atoms with E-state index in [4.69, 9.17) is 9.72 Å². The second-order valence-electron chi connectivity index (χ2n) is 7.53. The van der Waals surface area contributed by atoms with Gasteiger partial charge in [-0.15, -0.1) is 0 Å². The highest BCUT2D eigenvalue weighted by atomic mass is 16.5. The Hall–Kier alpha value is -2.76. The van der Waals surface area contributed by atoms with Crippen molar-refractivity contribution in [2.45, 2.75) is 40.5 Å². The van der Waals surface area contributed by atoms with Crippen LogP contribution in [0.15, 0.2) is 29.2 Å². The van der Waals surface area contributed by atoms with Crippen LogP contribution in [0.4, 0.5) is 5.95 Å². The van der Waals surface area contributed by atoms with E-state index in [0.717, 1.165) is 60.0 Å². The number of anilines is 1. The highest BCUT2D eigenvalue weighted by molar-refractivity contribution is 5.95. The normalized spacial score (nSPS) is 11.2. The molecule has 6 heteroatoms. The van der Waals surface area contributed by atoms with Crippen molar-refractivity contribution in [3.63, 3.8) is 0 Å². The SMILES string of the molecule is CCCN(CCC)c1nc2c(c(-c3ccc(OCC)cc3C)cn2C)c(=O)n1C. The molecule has 3 rings (SSSR count). The van der Waals surface area contributed by atoms with Crippen molar-refractivity contribution < 1.29 is 4.74 Å². The second-order valence-corrected chi connectivity index (χ2v) is 7.53. The molecule has 29 heavy (non-hydrogen) atoms. The van der Waals surface area contributed by atoms with Crippen LogP contribution in [-0.4, -0.2) is 33.8 Å². The lowest BCUT2D eigenvalue weighted by atomic mass is 10.0. The van der Waals surface area contributed by atoms with Crippen LogP contribution >= 0.6 is 0 Å². The molecule has 0 unspecified atom stereocenters. The first-order valence-corrected chi connectivity index (χ1v) is 10.5. The summed E-state index contributed by atoms with van der Waals surface area (Å²) in [5.74, 6) is 1.58. The molecule has 0 spiro atoms. The standard InChI is InChI=1S/C23H32N4O2/c1-7-12-27(13-8-2)23-24-21-20(22(28)26(23)6)19(15-25(21)5)18-11-10-17(29-9-3)14-16(18)4/h10-11,14-15H,7-9,12-13H2,1-6H3. The van der Waals surface area contributed by atoms with Crippen molar-refractivity contribution >= 4 is 17.0 Å². The third-order valence-corrected chi connectivity index (χ3v) is 5.24. The molecular formula is C23H32N4O2. The zero-order valence-corrected chi connectivity index (χ0v) is 18.5. The lowest BCUT2D eigenvalue weighted by molar-refractivity contribution is 0.340. The smallest absolute Gasteiger partial charge is 0.264 e. The average Bonchev–Trinajstić information content (AvgIpc) is 3.01. The number of ether oxygens (including phenoxy) is 1. The van der Waals surface area contributed by atoms with Gasteiger partial charge in [0.2, 0.25) is 5.95 Å². The van der Waals surface area contributed by atoms with Crippen LogP contribution in [0.5, 0.6) is 5.75 Å². The highest BCUT2D eigenvalue weighted by Gasteiger charge is 2.20. The van der Waals surface area contributed by atoms with Gasteiger partial charge >= 0.3 is 0 Å². The quantitative estimate of drug-likeness (QED) is 0.570. The molecule has 0 aliphatic carbocycles. The molecule has 0 N–H and O–H groups in total. The molecule has 6 nitrogen and oxygen atoms in total. The number of benzene rings is 1. The number of aromatic nitrogens is 3. The van der Waals surface area contributed by atoms with Crippen molar-refractivity contribution in [1.82, 2.24) is 14.1 Å². The minimum Gasteiger partial charge on any atom is -0.494 e. The predicted molar refractivity (Wildman–Crippen MR) is 120 cm³/mol. The first-order chi connectivity index (χ1) is 13.9. The van der Waals surface area contributed by atoms with Crippen molar-refractivity contribution in [2.24, 2.45) is 14.1 Å². The van der Waals surface area contributed by atoms with Gasteiger partial charge in [0.25, 0.3) is 5.56 Å². The van der Waals surface area contributed by atoms with Gasteiger partial charge in [0, 0.05) is 38.9 Å². The minimum absolute atomic E-state index is 0.00825. The summed E-state index contributed by atoms with van der Waals surface area (Å²) in [6.45, 7) is 10.7. The van der Waals surface area contributed by atoms with Gasteiger partial charge < -0.3 is 14.2 Å². The summed E-state index contributed by atoms with van der Waals surface area (Å²) >= 11 is 0. The number of fused-ring (bicyclic) bond motifs is 1. The number of hydrogen-bond acceptors (Lipinski definition) is 4. The summed E-state index contributed by atoms with van der Waals surface area (Å²) in [4.78, 5) is 20.5. The van der Waals surface area contributed by atoms with Gasteiger partial charge in [-0.2, -0.15) is 4.98 Å². The summed E-state index contributed by atoms with van der Waals surface area (Å²) < 4.78 is 9.27. The molecule has 2 heterocycles. The fraction of sp³-hybridized carbons (Fsp3) is 0.478. The van der Waals surface area contributed by atoms with Gasteiger partial charge in [-0.1, -0.05) is 19.9 Å². The van der Waals surface area contributed by atoms with E-state index < -0.39 is 0 Å². The van der Waals surface area contributed by atoms with Crippen LogP contribution in [0.3, 0.4) is 0 Å². The molecule has 0 amide bonds. The molecule has 0 aliphatic rings. The molecule has 0 saturated carbocycles. The lowest BCUT2D eigenvalue weighted by Crippen LogP contribution is -2.33. The predicted octanol–water partition coefficient (Wildman–Crippen LogP) is 4.27. The average molecular weight is 397 g/mol. The van der Waals surface area contributed by atoms with Crippen molar-refractivity contribution in [1.29, 1.82) is 0 Å². The van der Waals surface area contributed by atoms with E-state index in [1.807, 2.05) is 56.9 Å². The zero-order valence-electron chi connectivity index (χ0n) is 18.5. The van der Waals surface area contributed by atoms with Crippen molar-refractivity contribution in [3.05, 3.63) is 40.3 Å². The summed E-state index contributed by atoms with van der Waals surface area (Å²) in [6.07, 6.45) is 4.03. The van der Waals surface area contributed by atoms with E-state index in [1.54, 1.807) is 4.57 Å². The summed E-state index contributed by atoms with van der Waals surface area (Å²) in [5, 5.41) is 0.666. The topological polar surface area (TPSA) is 52.3 Å². The van der Waals surface area contributed by atoms with E-state index in [1.165, 1.54) is 0 Å². The summed E-state index contributed by atoms with van der Waals surface area (Å²) in [7, 11) is 3.78. The van der Waals surface area contributed by atoms with Gasteiger partial charge in [0.1, 0.15) is 11.4 Å². The van der Waals surface area contributed by atoms with Gasteiger partial charge in [0.15, 0.2) is 0 Å². The van der Waals surface area contributed by atoms with E-state index in [0.29, 0.717) is 12.0 Å². The van der Waals surface area contributed by atoms with Gasteiger partial charge in [-0.25, -0.2) is 0 Å². The Morgan fingerprint density at radius 3 is 2.34 bits per heavy atom. The molecule has 2 aromatic heterocycles. The third kappa shape index (κ3) is 3.88. The second kappa shape index (κ2) is 8.72. The molecule has 1 aromatic carbocycles. The molecule has 0 bridgehead atoms. The van der Waals surface area contributed by atoms with Crippen LogP contribution in [0, 0.1) is 6.92 Å². The Balaban J connectivity index is 2.20. The fourth-order valence-electron chi connectivity index (χ4n) is 3.92. The molecule has 156 valence electrons. The monoisotopic (exact) mass is 396 g/mol. The number of hydrogen-bond donors (Lipinski definition) is 0. The molecular weight excluding hydrogens is 364 g/mol. The molecule has 0 aliphatic heterocycles. The van der Waals surface area contributed by atoms with Crippen LogP contribution in [0.25, 0.3) is 22.2 Å². The van der Waals surface area contributed by atoms with Gasteiger partial charge in [-0.3, -0.25) is 9.36 Å². The highest BCUT2D eigenvalue weighted by Crippen LogP contribution is 2.32. The third-order valence-electron chi connectivity index (χ3n) is 5.24. The van der Waals surface area contributed by atoms with Crippen molar-refractivity contribution in [2.75, 3.05) is 24.6 Å². The molecule has 3 aromatic rings. The summed E-state index contributed by atoms with van der Waals surface area (Å²) in [6, 6.07) is 6.01. The Morgan fingerprint density at radius 1 is 1.07 bits per heavy atom. The van der Waals surface area contributed by atoms with E-state index >= 15 is 0 Å². The lowest BCUT2D eigenvalue weighted by Gasteiger charge is -2.24. The Kier molecular flexibility index (Phi) is 6.30. The fourth-order valence-corrected chi connectivity index (χ4v) is 3.92. The van der Waals surface area contributed by atoms with E-state index in [2.05, 4.69) is 18.7 Å². The maximum absolute atomic E-state index is 13.4. The van der Waals surface area contributed by atoms with Gasteiger partial charge in [-0.05, 0) is 49.9 Å². The van der Waals surface area contributed by atoms with Crippen LogP contribution in [-0.2, 0) is 14.1 Å². The van der Waals surface area contributed by atoms with Crippen LogP contribution in [0.1, 0.15) is 39.2 Å².